The van der Waals surface area contributed by atoms with Crippen LogP contribution in [0.2, 0.25) is 0 Å². The van der Waals surface area contributed by atoms with Gasteiger partial charge in [0.25, 0.3) is 5.91 Å². The predicted octanol–water partition coefficient (Wildman–Crippen LogP) is 3.43. The number of para-hydroxylation sites is 1. The van der Waals surface area contributed by atoms with Gasteiger partial charge in [0.1, 0.15) is 17.8 Å². The fourth-order valence-corrected chi connectivity index (χ4v) is 3.06. The Morgan fingerprint density at radius 3 is 2.48 bits per heavy atom. The molecular formula is C20H16N2O3. The zero-order valence-corrected chi connectivity index (χ0v) is 13.3. The van der Waals surface area contributed by atoms with Crippen LogP contribution in [0, 0.1) is 0 Å². The molecule has 0 unspecified atom stereocenters. The van der Waals surface area contributed by atoms with E-state index in [0.717, 1.165) is 5.69 Å². The highest BCUT2D eigenvalue weighted by atomic mass is 16.3. The monoisotopic (exact) mass is 332 g/mol. The molecule has 2 heterocycles. The standard InChI is InChI=1S/C20H16N2O3/c23-19-14-9-4-5-10-15(14)21-17(16-11-6-12-25-16)18(19)22-20(24)13-7-2-1-3-8-13/h1-12,17-18,21H,(H,22,24)/t17-,18-/m0/s1. The van der Waals surface area contributed by atoms with E-state index in [1.807, 2.05) is 24.3 Å². The average molecular weight is 332 g/mol. The van der Waals surface area contributed by atoms with Crippen LogP contribution in [0.25, 0.3) is 0 Å². The number of nitrogens with one attached hydrogen (secondary N) is 2. The number of Topliss-reactive ketones (excluding diaryl/α,β-unsaturated/α-hetero) is 1. The second kappa shape index (κ2) is 6.28. The number of hydrogen-bond donors (Lipinski definition) is 2. The zero-order chi connectivity index (χ0) is 17.2. The molecule has 1 aromatic heterocycles. The molecule has 2 N–H and O–H groups in total. The lowest BCUT2D eigenvalue weighted by Crippen LogP contribution is -2.49. The van der Waals surface area contributed by atoms with E-state index in [-0.39, 0.29) is 11.7 Å². The lowest BCUT2D eigenvalue weighted by molar-refractivity contribution is 0.0837. The topological polar surface area (TPSA) is 71.3 Å². The van der Waals surface area contributed by atoms with Gasteiger partial charge in [0, 0.05) is 16.8 Å². The maximum absolute atomic E-state index is 13.0. The molecule has 5 nitrogen and oxygen atoms in total. The van der Waals surface area contributed by atoms with Crippen molar-refractivity contribution in [3.63, 3.8) is 0 Å². The van der Waals surface area contributed by atoms with Crippen LogP contribution >= 0.6 is 0 Å². The summed E-state index contributed by atoms with van der Waals surface area (Å²) in [5.74, 6) is 0.165. The molecule has 0 fully saturated rings. The van der Waals surface area contributed by atoms with Crippen molar-refractivity contribution in [3.8, 4) is 0 Å². The summed E-state index contributed by atoms with van der Waals surface area (Å²) in [6.07, 6.45) is 1.55. The van der Waals surface area contributed by atoms with Gasteiger partial charge in [0.05, 0.1) is 6.26 Å². The zero-order valence-electron chi connectivity index (χ0n) is 13.3. The van der Waals surface area contributed by atoms with Crippen molar-refractivity contribution in [2.75, 3.05) is 5.32 Å². The molecule has 0 bridgehead atoms. The van der Waals surface area contributed by atoms with E-state index in [1.165, 1.54) is 0 Å². The first-order chi connectivity index (χ1) is 12.2. The molecule has 0 saturated carbocycles. The summed E-state index contributed by atoms with van der Waals surface area (Å²) < 4.78 is 5.49. The molecule has 4 rings (SSSR count). The summed E-state index contributed by atoms with van der Waals surface area (Å²) in [5, 5.41) is 6.16. The first-order valence-electron chi connectivity index (χ1n) is 8.03. The van der Waals surface area contributed by atoms with Gasteiger partial charge in [0.2, 0.25) is 0 Å². The largest absolute Gasteiger partial charge is 0.467 e. The Kier molecular flexibility index (Phi) is 3.82. The Balaban J connectivity index is 1.70. The summed E-state index contributed by atoms with van der Waals surface area (Å²) in [7, 11) is 0. The second-order valence-corrected chi connectivity index (χ2v) is 5.86. The van der Waals surface area contributed by atoms with E-state index in [2.05, 4.69) is 10.6 Å². The smallest absolute Gasteiger partial charge is 0.251 e. The molecule has 25 heavy (non-hydrogen) atoms. The molecular weight excluding hydrogens is 316 g/mol. The molecule has 2 atom stereocenters. The summed E-state index contributed by atoms with van der Waals surface area (Å²) in [6.45, 7) is 0. The van der Waals surface area contributed by atoms with Crippen LogP contribution in [0.3, 0.4) is 0 Å². The van der Waals surface area contributed by atoms with E-state index in [9.17, 15) is 9.59 Å². The molecule has 2 aromatic carbocycles. The highest BCUT2D eigenvalue weighted by Gasteiger charge is 2.38. The van der Waals surface area contributed by atoms with Crippen molar-refractivity contribution in [1.29, 1.82) is 0 Å². The van der Waals surface area contributed by atoms with E-state index >= 15 is 0 Å². The van der Waals surface area contributed by atoms with Gasteiger partial charge in [-0.25, -0.2) is 0 Å². The SMILES string of the molecule is O=C(N[C@@H]1C(=O)c2ccccc2N[C@H]1c1ccco1)c1ccccc1. The second-order valence-electron chi connectivity index (χ2n) is 5.86. The molecule has 5 heteroatoms. The number of hydrogen-bond acceptors (Lipinski definition) is 4. The number of ketones is 1. The van der Waals surface area contributed by atoms with E-state index in [1.54, 1.807) is 48.7 Å². The molecule has 124 valence electrons. The van der Waals surface area contributed by atoms with Crippen LogP contribution in [0.4, 0.5) is 5.69 Å². The number of carbonyl (C=O) groups is 2. The third kappa shape index (κ3) is 2.80. The minimum Gasteiger partial charge on any atom is -0.467 e. The van der Waals surface area contributed by atoms with Gasteiger partial charge in [-0.15, -0.1) is 0 Å². The van der Waals surface area contributed by atoms with Gasteiger partial charge in [-0.3, -0.25) is 9.59 Å². The lowest BCUT2D eigenvalue weighted by atomic mass is 9.90. The summed E-state index contributed by atoms with van der Waals surface area (Å²) >= 11 is 0. The fourth-order valence-electron chi connectivity index (χ4n) is 3.06. The van der Waals surface area contributed by atoms with Crippen LogP contribution < -0.4 is 10.6 Å². The van der Waals surface area contributed by atoms with Crippen molar-refractivity contribution in [1.82, 2.24) is 5.32 Å². The van der Waals surface area contributed by atoms with Crippen molar-refractivity contribution < 1.29 is 14.0 Å². The van der Waals surface area contributed by atoms with Gasteiger partial charge < -0.3 is 15.1 Å². The van der Waals surface area contributed by atoms with Crippen molar-refractivity contribution >= 4 is 17.4 Å². The molecule has 0 saturated heterocycles. The van der Waals surface area contributed by atoms with Gasteiger partial charge in [-0.2, -0.15) is 0 Å². The van der Waals surface area contributed by atoms with Crippen LogP contribution in [-0.2, 0) is 0 Å². The quantitative estimate of drug-likeness (QED) is 0.771. The summed E-state index contributed by atoms with van der Waals surface area (Å²) in [5.41, 5.74) is 1.80. The molecule has 1 aliphatic heterocycles. The predicted molar refractivity (Wildman–Crippen MR) is 93.5 cm³/mol. The molecule has 1 amide bonds. The molecule has 0 aliphatic carbocycles. The van der Waals surface area contributed by atoms with Gasteiger partial charge in [-0.1, -0.05) is 30.3 Å². The number of benzene rings is 2. The molecule has 3 aromatic rings. The minimum absolute atomic E-state index is 0.139. The average Bonchev–Trinajstić information content (AvgIpc) is 3.19. The lowest BCUT2D eigenvalue weighted by Gasteiger charge is -2.32. The number of fused-ring (bicyclic) bond motifs is 1. The van der Waals surface area contributed by atoms with Gasteiger partial charge >= 0.3 is 0 Å². The Labute approximate surface area is 144 Å². The molecule has 1 aliphatic rings. The van der Waals surface area contributed by atoms with Crippen LogP contribution in [-0.4, -0.2) is 17.7 Å². The highest BCUT2D eigenvalue weighted by molar-refractivity contribution is 6.09. The highest BCUT2D eigenvalue weighted by Crippen LogP contribution is 2.33. The van der Waals surface area contributed by atoms with Crippen LogP contribution in [0.1, 0.15) is 32.5 Å². The van der Waals surface area contributed by atoms with Gasteiger partial charge in [-0.05, 0) is 36.4 Å². The van der Waals surface area contributed by atoms with Crippen molar-refractivity contribution in [2.45, 2.75) is 12.1 Å². The maximum atomic E-state index is 13.0. The first kappa shape index (κ1) is 15.2. The number of amides is 1. The van der Waals surface area contributed by atoms with Crippen LogP contribution in [0.15, 0.2) is 77.4 Å². The van der Waals surface area contributed by atoms with E-state index in [0.29, 0.717) is 16.9 Å². The molecule has 0 radical (unpaired) electrons. The fraction of sp³-hybridized carbons (Fsp3) is 0.100. The number of anilines is 1. The molecule has 0 spiro atoms. The number of furan rings is 1. The van der Waals surface area contributed by atoms with Crippen LogP contribution in [0.5, 0.6) is 0 Å². The Morgan fingerprint density at radius 1 is 0.960 bits per heavy atom. The Hall–Kier alpha value is -3.34. The summed E-state index contributed by atoms with van der Waals surface area (Å²) in [4.78, 5) is 25.6. The first-order valence-corrected chi connectivity index (χ1v) is 8.03. The third-order valence-corrected chi connectivity index (χ3v) is 4.29. The maximum Gasteiger partial charge on any atom is 0.251 e. The summed E-state index contributed by atoms with van der Waals surface area (Å²) in [6, 6.07) is 18.4. The Morgan fingerprint density at radius 2 is 1.72 bits per heavy atom. The Bertz CT molecular complexity index is 904. The van der Waals surface area contributed by atoms with E-state index < -0.39 is 12.1 Å². The number of rotatable bonds is 3. The van der Waals surface area contributed by atoms with E-state index in [4.69, 9.17) is 4.42 Å². The van der Waals surface area contributed by atoms with Crippen molar-refractivity contribution in [3.05, 3.63) is 89.9 Å². The number of carbonyl (C=O) groups excluding carboxylic acids is 2. The minimum atomic E-state index is -0.756. The van der Waals surface area contributed by atoms with Crippen molar-refractivity contribution in [2.24, 2.45) is 0 Å². The van der Waals surface area contributed by atoms with Gasteiger partial charge in [0.15, 0.2) is 5.78 Å². The normalized spacial score (nSPS) is 19.0. The third-order valence-electron chi connectivity index (χ3n) is 4.29.